The number of amides is 2. The van der Waals surface area contributed by atoms with Gasteiger partial charge in [0.05, 0.1) is 0 Å². The van der Waals surface area contributed by atoms with Gasteiger partial charge in [-0.2, -0.15) is 0 Å². The van der Waals surface area contributed by atoms with Crippen LogP contribution in [0, 0.1) is 11.8 Å². The molecule has 3 fully saturated rings. The minimum absolute atomic E-state index is 0.163. The third-order valence-electron chi connectivity index (χ3n) is 5.00. The first kappa shape index (κ1) is 12.9. The first-order chi connectivity index (χ1) is 9.02. The Labute approximate surface area is 115 Å². The van der Waals surface area contributed by atoms with E-state index in [1.807, 2.05) is 9.80 Å². The fraction of sp³-hybridized carbons (Fsp3) is 0.867. The lowest BCUT2D eigenvalue weighted by atomic mass is 9.93. The van der Waals surface area contributed by atoms with Crippen LogP contribution in [-0.2, 0) is 9.59 Å². The maximum Gasteiger partial charge on any atom is 0.246 e. The van der Waals surface area contributed by atoms with Crippen LogP contribution in [0.15, 0.2) is 0 Å². The van der Waals surface area contributed by atoms with Gasteiger partial charge in [0.25, 0.3) is 0 Å². The zero-order chi connectivity index (χ0) is 13.7. The lowest BCUT2D eigenvalue weighted by Gasteiger charge is -2.46. The van der Waals surface area contributed by atoms with Gasteiger partial charge in [-0.15, -0.1) is 0 Å². The molecule has 3 rings (SSSR count). The van der Waals surface area contributed by atoms with E-state index in [4.69, 9.17) is 0 Å². The van der Waals surface area contributed by atoms with Gasteiger partial charge in [0.2, 0.25) is 11.8 Å². The number of rotatable bonds is 3. The van der Waals surface area contributed by atoms with E-state index in [2.05, 4.69) is 20.8 Å². The van der Waals surface area contributed by atoms with Gasteiger partial charge in [-0.1, -0.05) is 13.8 Å². The molecule has 1 saturated carbocycles. The Morgan fingerprint density at radius 3 is 2.32 bits per heavy atom. The number of nitrogens with zero attached hydrogens (tertiary/aromatic N) is 2. The Morgan fingerprint density at radius 2 is 1.74 bits per heavy atom. The standard InChI is InChI=1S/C15H24N2O2/c1-9(2)13-15(19)16-8-4-5-12(16)14(18)17(13)10(3)11-6-7-11/h9-13H,4-8H2,1-3H3. The monoisotopic (exact) mass is 264 g/mol. The Bertz CT molecular complexity index is 403. The molecule has 0 aromatic heterocycles. The quantitative estimate of drug-likeness (QED) is 0.777. The Balaban J connectivity index is 1.93. The van der Waals surface area contributed by atoms with E-state index in [1.165, 1.54) is 12.8 Å². The van der Waals surface area contributed by atoms with E-state index in [0.29, 0.717) is 5.92 Å². The molecular weight excluding hydrogens is 240 g/mol. The highest BCUT2D eigenvalue weighted by Crippen LogP contribution is 2.39. The Kier molecular flexibility index (Phi) is 3.06. The summed E-state index contributed by atoms with van der Waals surface area (Å²) < 4.78 is 0. The van der Waals surface area contributed by atoms with Gasteiger partial charge >= 0.3 is 0 Å². The first-order valence-electron chi connectivity index (χ1n) is 7.65. The summed E-state index contributed by atoms with van der Waals surface area (Å²) in [5.74, 6) is 1.20. The topological polar surface area (TPSA) is 40.6 Å². The second-order valence-electron chi connectivity index (χ2n) is 6.70. The van der Waals surface area contributed by atoms with E-state index >= 15 is 0 Å². The number of piperazine rings is 1. The second-order valence-corrected chi connectivity index (χ2v) is 6.70. The SMILES string of the molecule is CC(C)C1C(=O)N2CCCC2C(=O)N1C(C)C1CC1. The van der Waals surface area contributed by atoms with E-state index in [-0.39, 0.29) is 35.9 Å². The minimum Gasteiger partial charge on any atom is -0.329 e. The number of hydrogen-bond donors (Lipinski definition) is 0. The van der Waals surface area contributed by atoms with Crippen LogP contribution in [0.2, 0.25) is 0 Å². The van der Waals surface area contributed by atoms with Gasteiger partial charge in [0, 0.05) is 12.6 Å². The van der Waals surface area contributed by atoms with Gasteiger partial charge in [-0.05, 0) is 44.4 Å². The molecule has 3 atom stereocenters. The molecule has 0 aromatic carbocycles. The van der Waals surface area contributed by atoms with Crippen LogP contribution in [0.1, 0.15) is 46.5 Å². The van der Waals surface area contributed by atoms with Crippen molar-refractivity contribution in [2.45, 2.75) is 64.6 Å². The third-order valence-corrected chi connectivity index (χ3v) is 5.00. The van der Waals surface area contributed by atoms with Crippen molar-refractivity contribution in [1.82, 2.24) is 9.80 Å². The summed E-state index contributed by atoms with van der Waals surface area (Å²) in [6, 6.07) is -0.173. The number of carbonyl (C=O) groups is 2. The Morgan fingerprint density at radius 1 is 1.05 bits per heavy atom. The molecule has 2 saturated heterocycles. The van der Waals surface area contributed by atoms with Gasteiger partial charge in [-0.25, -0.2) is 0 Å². The molecule has 4 nitrogen and oxygen atoms in total. The summed E-state index contributed by atoms with van der Waals surface area (Å²) in [5.41, 5.74) is 0. The van der Waals surface area contributed by atoms with Crippen molar-refractivity contribution in [2.24, 2.45) is 11.8 Å². The van der Waals surface area contributed by atoms with Crippen LogP contribution < -0.4 is 0 Å². The summed E-state index contributed by atoms with van der Waals surface area (Å²) in [4.78, 5) is 29.2. The van der Waals surface area contributed by atoms with E-state index in [9.17, 15) is 9.59 Å². The van der Waals surface area contributed by atoms with Crippen LogP contribution in [0.4, 0.5) is 0 Å². The van der Waals surface area contributed by atoms with Crippen LogP contribution in [-0.4, -0.2) is 46.3 Å². The number of carbonyl (C=O) groups excluding carboxylic acids is 2. The fourth-order valence-electron chi connectivity index (χ4n) is 3.75. The summed E-state index contributed by atoms with van der Waals surface area (Å²) >= 11 is 0. The molecule has 1 aliphatic carbocycles. The van der Waals surface area contributed by atoms with Crippen molar-refractivity contribution < 1.29 is 9.59 Å². The van der Waals surface area contributed by atoms with Gasteiger partial charge in [0.15, 0.2) is 0 Å². The third kappa shape index (κ3) is 1.96. The average Bonchev–Trinajstić information content (AvgIpc) is 3.08. The van der Waals surface area contributed by atoms with E-state index in [0.717, 1.165) is 19.4 Å². The number of fused-ring (bicyclic) bond motifs is 1. The van der Waals surface area contributed by atoms with Crippen molar-refractivity contribution in [3.8, 4) is 0 Å². The predicted octanol–water partition coefficient (Wildman–Crippen LogP) is 1.64. The van der Waals surface area contributed by atoms with Gasteiger partial charge < -0.3 is 9.80 Å². The van der Waals surface area contributed by atoms with Crippen LogP contribution in [0.25, 0.3) is 0 Å². The zero-order valence-corrected chi connectivity index (χ0v) is 12.1. The van der Waals surface area contributed by atoms with Crippen LogP contribution in [0.3, 0.4) is 0 Å². The van der Waals surface area contributed by atoms with E-state index in [1.54, 1.807) is 0 Å². The summed E-state index contributed by atoms with van der Waals surface area (Å²) in [6.45, 7) is 7.00. The molecule has 2 aliphatic heterocycles. The molecule has 2 amide bonds. The molecule has 0 aromatic rings. The molecule has 0 bridgehead atoms. The molecule has 3 unspecified atom stereocenters. The van der Waals surface area contributed by atoms with Crippen molar-refractivity contribution >= 4 is 11.8 Å². The molecular formula is C15H24N2O2. The minimum atomic E-state index is -0.238. The predicted molar refractivity (Wildman–Crippen MR) is 72.4 cm³/mol. The maximum atomic E-state index is 12.8. The molecule has 19 heavy (non-hydrogen) atoms. The van der Waals surface area contributed by atoms with E-state index < -0.39 is 0 Å². The normalized spacial score (nSPS) is 33.1. The molecule has 0 spiro atoms. The molecule has 4 heteroatoms. The highest BCUT2D eigenvalue weighted by atomic mass is 16.2. The highest BCUT2D eigenvalue weighted by molar-refractivity contribution is 5.97. The first-order valence-corrected chi connectivity index (χ1v) is 7.65. The molecule has 2 heterocycles. The summed E-state index contributed by atoms with van der Waals surface area (Å²) in [7, 11) is 0. The summed E-state index contributed by atoms with van der Waals surface area (Å²) in [6.07, 6.45) is 4.23. The van der Waals surface area contributed by atoms with Gasteiger partial charge in [-0.3, -0.25) is 9.59 Å². The second kappa shape index (κ2) is 4.50. The van der Waals surface area contributed by atoms with Crippen molar-refractivity contribution in [2.75, 3.05) is 6.54 Å². The van der Waals surface area contributed by atoms with Crippen molar-refractivity contribution in [3.05, 3.63) is 0 Å². The summed E-state index contributed by atoms with van der Waals surface area (Å²) in [5, 5.41) is 0. The maximum absolute atomic E-state index is 12.8. The molecule has 106 valence electrons. The van der Waals surface area contributed by atoms with Gasteiger partial charge in [0.1, 0.15) is 12.1 Å². The number of hydrogen-bond acceptors (Lipinski definition) is 2. The van der Waals surface area contributed by atoms with Crippen molar-refractivity contribution in [1.29, 1.82) is 0 Å². The van der Waals surface area contributed by atoms with Crippen molar-refractivity contribution in [3.63, 3.8) is 0 Å². The average molecular weight is 264 g/mol. The fourth-order valence-corrected chi connectivity index (χ4v) is 3.75. The highest BCUT2D eigenvalue weighted by Gasteiger charge is 2.51. The van der Waals surface area contributed by atoms with Crippen LogP contribution in [0.5, 0.6) is 0 Å². The molecule has 0 N–H and O–H groups in total. The Hall–Kier alpha value is -1.06. The molecule has 0 radical (unpaired) electrons. The smallest absolute Gasteiger partial charge is 0.246 e. The lowest BCUT2D eigenvalue weighted by molar-refractivity contribution is -0.164. The lowest BCUT2D eigenvalue weighted by Crippen LogP contribution is -2.66. The largest absolute Gasteiger partial charge is 0.329 e. The van der Waals surface area contributed by atoms with Crippen LogP contribution >= 0.6 is 0 Å². The molecule has 3 aliphatic rings. The zero-order valence-electron chi connectivity index (χ0n) is 12.1.